The van der Waals surface area contributed by atoms with Crippen molar-refractivity contribution < 1.29 is 28.5 Å². The molecule has 1 atom stereocenters. The number of carbonyl (C=O) groups is 2. The van der Waals surface area contributed by atoms with Gasteiger partial charge in [-0.05, 0) is 59.8 Å². The highest BCUT2D eigenvalue weighted by atomic mass is 32.1. The van der Waals surface area contributed by atoms with Crippen molar-refractivity contribution in [2.45, 2.75) is 44.3 Å². The molecule has 0 spiro atoms. The van der Waals surface area contributed by atoms with E-state index in [1.165, 1.54) is 21.0 Å². The zero-order valence-electron chi connectivity index (χ0n) is 23.9. The predicted molar refractivity (Wildman–Crippen MR) is 159 cm³/mol. The van der Waals surface area contributed by atoms with Crippen LogP contribution in [0.1, 0.15) is 36.6 Å². The van der Waals surface area contributed by atoms with Gasteiger partial charge in [0.25, 0.3) is 5.91 Å². The molecule has 1 aliphatic heterocycles. The highest BCUT2D eigenvalue weighted by Crippen LogP contribution is 2.38. The number of thiophene rings is 1. The van der Waals surface area contributed by atoms with Gasteiger partial charge in [-0.25, -0.2) is 0 Å². The first-order valence-corrected chi connectivity index (χ1v) is 15.0. The number of carbonyl (C=O) groups excluding carboxylic acids is 2. The average molecular weight is 605 g/mol. The largest absolute Gasteiger partial charge is 0.493 e. The predicted octanol–water partition coefficient (Wildman–Crippen LogP) is 4.02. The Morgan fingerprint density at radius 3 is 2.58 bits per heavy atom. The lowest BCUT2D eigenvalue weighted by atomic mass is 10.1. The van der Waals surface area contributed by atoms with Crippen molar-refractivity contribution in [2.24, 2.45) is 0 Å². The van der Waals surface area contributed by atoms with Crippen molar-refractivity contribution in [3.05, 3.63) is 58.8 Å². The molecule has 0 bridgehead atoms. The number of ether oxygens (including phenoxy) is 4. The van der Waals surface area contributed by atoms with E-state index in [-0.39, 0.29) is 18.5 Å². The van der Waals surface area contributed by atoms with Crippen LogP contribution in [0.25, 0.3) is 11.4 Å². The molecule has 4 aromatic rings. The Morgan fingerprint density at radius 2 is 1.84 bits per heavy atom. The molecular formula is C30H32N6O6S. The number of nitrogens with zero attached hydrogens (tertiary/aromatic N) is 5. The zero-order valence-corrected chi connectivity index (χ0v) is 24.7. The summed E-state index contributed by atoms with van der Waals surface area (Å²) in [5.74, 6) is 1.86. The number of anilines is 1. The standard InChI is InChI=1S/C30H32N6O6S/c1-39-22-11-9-19(16-24(22)40-2)29-32-34-35(33-29)18-27(37)36(21-10-12-23-25(17-21)42-14-13-41-23)28(26-8-5-15-43-26)30(38)31-20-6-3-4-7-20/h5,8-12,15-17,20,28H,3-4,6-7,13-14,18H2,1-2H3,(H,31,38). The summed E-state index contributed by atoms with van der Waals surface area (Å²) in [5, 5.41) is 17.8. The summed E-state index contributed by atoms with van der Waals surface area (Å²) in [5.41, 5.74) is 1.14. The van der Waals surface area contributed by atoms with Gasteiger partial charge in [-0.15, -0.1) is 21.5 Å². The number of fused-ring (bicyclic) bond motifs is 1. The number of rotatable bonds is 10. The van der Waals surface area contributed by atoms with Gasteiger partial charge in [0, 0.05) is 28.2 Å². The Labute approximate surface area is 252 Å². The molecule has 2 aromatic heterocycles. The Balaban J connectivity index is 1.34. The van der Waals surface area contributed by atoms with Gasteiger partial charge in [0.2, 0.25) is 11.7 Å². The third-order valence-electron chi connectivity index (χ3n) is 7.46. The van der Waals surface area contributed by atoms with Crippen molar-refractivity contribution in [1.29, 1.82) is 0 Å². The van der Waals surface area contributed by atoms with E-state index in [2.05, 4.69) is 20.7 Å². The van der Waals surface area contributed by atoms with E-state index in [0.717, 1.165) is 30.6 Å². The van der Waals surface area contributed by atoms with Gasteiger partial charge in [-0.2, -0.15) is 4.80 Å². The van der Waals surface area contributed by atoms with Crippen molar-refractivity contribution >= 4 is 28.8 Å². The number of hydrogen-bond acceptors (Lipinski definition) is 10. The van der Waals surface area contributed by atoms with Gasteiger partial charge >= 0.3 is 0 Å². The lowest BCUT2D eigenvalue weighted by Crippen LogP contribution is -2.47. The molecule has 0 radical (unpaired) electrons. The van der Waals surface area contributed by atoms with Crippen LogP contribution in [0.2, 0.25) is 0 Å². The Hall–Kier alpha value is -4.65. The van der Waals surface area contributed by atoms with Gasteiger partial charge in [-0.3, -0.25) is 14.5 Å². The third kappa shape index (κ3) is 6.12. The van der Waals surface area contributed by atoms with Crippen LogP contribution in [0.3, 0.4) is 0 Å². The number of methoxy groups -OCH3 is 2. The Morgan fingerprint density at radius 1 is 1.05 bits per heavy atom. The fourth-order valence-electron chi connectivity index (χ4n) is 5.39. The highest BCUT2D eigenvalue weighted by Gasteiger charge is 2.36. The minimum atomic E-state index is -0.912. The maximum Gasteiger partial charge on any atom is 0.251 e. The number of aromatic nitrogens is 4. The van der Waals surface area contributed by atoms with E-state index in [4.69, 9.17) is 18.9 Å². The molecule has 2 amide bonds. The molecule has 1 N–H and O–H groups in total. The normalized spacial score (nSPS) is 15.1. The molecule has 3 heterocycles. The molecule has 1 aliphatic carbocycles. The van der Waals surface area contributed by atoms with Crippen LogP contribution in [0.4, 0.5) is 5.69 Å². The number of tetrazole rings is 1. The molecule has 2 aliphatic rings. The summed E-state index contributed by atoms with van der Waals surface area (Å²) < 4.78 is 22.2. The fraction of sp³-hybridized carbons (Fsp3) is 0.367. The summed E-state index contributed by atoms with van der Waals surface area (Å²) in [7, 11) is 3.10. The lowest BCUT2D eigenvalue weighted by molar-refractivity contribution is -0.127. The highest BCUT2D eigenvalue weighted by molar-refractivity contribution is 7.10. The number of hydrogen-bond donors (Lipinski definition) is 1. The molecule has 1 fully saturated rings. The van der Waals surface area contributed by atoms with Crippen molar-refractivity contribution in [3.8, 4) is 34.4 Å². The van der Waals surface area contributed by atoms with Crippen molar-refractivity contribution in [1.82, 2.24) is 25.5 Å². The van der Waals surface area contributed by atoms with E-state index in [9.17, 15) is 9.59 Å². The quantitative estimate of drug-likeness (QED) is 0.285. The minimum absolute atomic E-state index is 0.0770. The zero-order chi connectivity index (χ0) is 29.8. The van der Waals surface area contributed by atoms with E-state index < -0.39 is 11.9 Å². The Bertz CT molecular complexity index is 1590. The van der Waals surface area contributed by atoms with Crippen LogP contribution >= 0.6 is 11.3 Å². The maximum atomic E-state index is 14.2. The summed E-state index contributed by atoms with van der Waals surface area (Å²) in [6.07, 6.45) is 3.98. The first-order valence-electron chi connectivity index (χ1n) is 14.1. The molecule has 1 saturated carbocycles. The molecule has 2 aromatic carbocycles. The van der Waals surface area contributed by atoms with Crippen molar-refractivity contribution in [3.63, 3.8) is 0 Å². The second-order valence-electron chi connectivity index (χ2n) is 10.2. The first-order chi connectivity index (χ1) is 21.0. The number of amides is 2. The molecule has 43 heavy (non-hydrogen) atoms. The molecule has 12 nitrogen and oxygen atoms in total. The Kier molecular flexibility index (Phi) is 8.40. The monoisotopic (exact) mass is 604 g/mol. The molecule has 13 heteroatoms. The van der Waals surface area contributed by atoms with Crippen molar-refractivity contribution in [2.75, 3.05) is 32.3 Å². The van der Waals surface area contributed by atoms with E-state index >= 15 is 0 Å². The summed E-state index contributed by atoms with van der Waals surface area (Å²) in [6.45, 7) is 0.576. The van der Waals surface area contributed by atoms with Gasteiger partial charge in [0.15, 0.2) is 23.0 Å². The van der Waals surface area contributed by atoms with Crippen LogP contribution in [0.5, 0.6) is 23.0 Å². The number of benzene rings is 2. The van der Waals surface area contributed by atoms with E-state index in [1.54, 1.807) is 50.6 Å². The van der Waals surface area contributed by atoms with Crippen LogP contribution in [-0.4, -0.2) is 65.5 Å². The molecular weight excluding hydrogens is 572 g/mol. The molecule has 6 rings (SSSR count). The second-order valence-corrected chi connectivity index (χ2v) is 11.2. The second kappa shape index (κ2) is 12.7. The number of nitrogens with one attached hydrogen (secondary N) is 1. The molecule has 224 valence electrons. The van der Waals surface area contributed by atoms with E-state index in [1.807, 2.05) is 17.5 Å². The van der Waals surface area contributed by atoms with Crippen LogP contribution in [0.15, 0.2) is 53.9 Å². The van der Waals surface area contributed by atoms with Crippen LogP contribution < -0.4 is 29.2 Å². The van der Waals surface area contributed by atoms with Gasteiger partial charge in [-0.1, -0.05) is 18.9 Å². The molecule has 1 unspecified atom stereocenters. The minimum Gasteiger partial charge on any atom is -0.493 e. The maximum absolute atomic E-state index is 14.2. The smallest absolute Gasteiger partial charge is 0.251 e. The average Bonchev–Trinajstić information content (AvgIpc) is 3.83. The summed E-state index contributed by atoms with van der Waals surface area (Å²) >= 11 is 1.42. The fourth-order valence-corrected chi connectivity index (χ4v) is 6.20. The van der Waals surface area contributed by atoms with Gasteiger partial charge < -0.3 is 24.3 Å². The topological polar surface area (TPSA) is 130 Å². The van der Waals surface area contributed by atoms with Gasteiger partial charge in [0.05, 0.1) is 14.2 Å². The molecule has 0 saturated heterocycles. The SMILES string of the molecule is COc1ccc(-c2nnn(CC(=O)N(c3ccc4c(c3)OCCO4)C(C(=O)NC3CCCC3)c3cccs3)n2)cc1OC. The van der Waals surface area contributed by atoms with E-state index in [0.29, 0.717) is 53.3 Å². The first kappa shape index (κ1) is 28.5. The van der Waals surface area contributed by atoms with Gasteiger partial charge in [0.1, 0.15) is 25.8 Å². The summed E-state index contributed by atoms with van der Waals surface area (Å²) in [6, 6.07) is 13.4. The van der Waals surface area contributed by atoms with Crippen LogP contribution in [-0.2, 0) is 16.1 Å². The van der Waals surface area contributed by atoms with Crippen LogP contribution in [0, 0.1) is 0 Å². The summed E-state index contributed by atoms with van der Waals surface area (Å²) in [4.78, 5) is 31.6. The lowest BCUT2D eigenvalue weighted by Gasteiger charge is -2.32. The third-order valence-corrected chi connectivity index (χ3v) is 8.39.